The van der Waals surface area contributed by atoms with E-state index < -0.39 is 10.1 Å². The fourth-order valence-corrected chi connectivity index (χ4v) is 6.83. The SMILES string of the molecule is CCCCCCCCCCCC[N+]12CC[N+](CCCOS(=O)(=O)c3ccc(C)cc3)(CC1)CC2. The average Bonchev–Trinajstić information content (AvgIpc) is 2.85. The predicted molar refractivity (Wildman–Crippen MR) is 140 cm³/mol. The summed E-state index contributed by atoms with van der Waals surface area (Å²) in [7, 11) is -3.64. The van der Waals surface area contributed by atoms with Gasteiger partial charge in [0.05, 0.1) is 24.6 Å². The summed E-state index contributed by atoms with van der Waals surface area (Å²) in [6.07, 6.45) is 14.9. The van der Waals surface area contributed by atoms with Crippen LogP contribution in [0.3, 0.4) is 0 Å². The molecule has 3 aliphatic heterocycles. The molecule has 0 N–H and O–H groups in total. The number of aryl methyl sites for hydroxylation is 1. The Bertz CT molecular complexity index is 798. The van der Waals surface area contributed by atoms with E-state index >= 15 is 0 Å². The molecule has 0 amide bonds. The first-order chi connectivity index (χ1) is 16.4. The van der Waals surface area contributed by atoms with Gasteiger partial charge >= 0.3 is 0 Å². The van der Waals surface area contributed by atoms with Gasteiger partial charge in [0, 0.05) is 6.42 Å². The fraction of sp³-hybridized carbons (Fsp3) is 0.786. The lowest BCUT2D eigenvalue weighted by atomic mass is 10.0. The van der Waals surface area contributed by atoms with E-state index in [9.17, 15) is 8.42 Å². The highest BCUT2D eigenvalue weighted by Gasteiger charge is 2.48. The van der Waals surface area contributed by atoms with Crippen LogP contribution in [0.4, 0.5) is 0 Å². The number of benzene rings is 1. The maximum atomic E-state index is 12.4. The standard InChI is InChI=1S/C28H50N2O3S/c1-3-4-5-6-7-8-9-10-11-12-18-29-20-23-30(24-21-29,25-22-29)19-13-26-33-34(31,32)28-16-14-27(2)15-17-28/h14-17H,3-13,18-26H2,1-2H3/q+2. The molecule has 4 rings (SSSR count). The van der Waals surface area contributed by atoms with Crippen LogP contribution in [0.15, 0.2) is 29.2 Å². The van der Waals surface area contributed by atoms with Crippen molar-refractivity contribution in [2.24, 2.45) is 0 Å². The van der Waals surface area contributed by atoms with Crippen molar-refractivity contribution < 1.29 is 21.6 Å². The minimum atomic E-state index is -3.64. The third kappa shape index (κ3) is 8.32. The quantitative estimate of drug-likeness (QED) is 0.159. The number of unbranched alkanes of at least 4 members (excludes halogenated alkanes) is 9. The van der Waals surface area contributed by atoms with Gasteiger partial charge in [-0.3, -0.25) is 4.18 Å². The van der Waals surface area contributed by atoms with Gasteiger partial charge in [0.25, 0.3) is 10.1 Å². The van der Waals surface area contributed by atoms with Crippen LogP contribution in [-0.2, 0) is 14.3 Å². The molecule has 0 spiro atoms. The molecule has 3 saturated heterocycles. The van der Waals surface area contributed by atoms with E-state index in [1.54, 1.807) is 12.1 Å². The van der Waals surface area contributed by atoms with Gasteiger partial charge in [0.15, 0.2) is 0 Å². The summed E-state index contributed by atoms with van der Waals surface area (Å²) in [5.74, 6) is 0. The first kappa shape index (κ1) is 27.6. The van der Waals surface area contributed by atoms with Crippen molar-refractivity contribution in [2.75, 3.05) is 59.0 Å². The average molecular weight is 495 g/mol. The molecular formula is C28H50N2O3S+2. The molecule has 5 nitrogen and oxygen atoms in total. The van der Waals surface area contributed by atoms with Crippen LogP contribution in [0.1, 0.15) is 83.1 Å². The highest BCUT2D eigenvalue weighted by molar-refractivity contribution is 7.86. The number of nitrogens with zero attached hydrogens (tertiary/aromatic N) is 2. The monoisotopic (exact) mass is 494 g/mol. The third-order valence-corrected chi connectivity index (χ3v) is 9.78. The zero-order valence-corrected chi connectivity index (χ0v) is 22.8. The molecule has 34 heavy (non-hydrogen) atoms. The molecule has 194 valence electrons. The second-order valence-electron chi connectivity index (χ2n) is 11.1. The maximum absolute atomic E-state index is 12.4. The third-order valence-electron chi connectivity index (χ3n) is 8.46. The lowest BCUT2D eigenvalue weighted by molar-refractivity contribution is -1.08. The van der Waals surface area contributed by atoms with Gasteiger partial charge < -0.3 is 8.97 Å². The minimum Gasteiger partial charge on any atom is -0.310 e. The van der Waals surface area contributed by atoms with E-state index in [4.69, 9.17) is 4.18 Å². The van der Waals surface area contributed by atoms with Crippen molar-refractivity contribution in [3.63, 3.8) is 0 Å². The summed E-state index contributed by atoms with van der Waals surface area (Å²) in [6, 6.07) is 6.90. The van der Waals surface area contributed by atoms with Crippen molar-refractivity contribution in [3.8, 4) is 0 Å². The molecule has 3 fully saturated rings. The summed E-state index contributed by atoms with van der Waals surface area (Å²) in [5, 5.41) is 0. The molecule has 2 bridgehead atoms. The number of quaternary nitrogens is 2. The Morgan fingerprint density at radius 3 is 1.62 bits per heavy atom. The van der Waals surface area contributed by atoms with Crippen molar-refractivity contribution in [3.05, 3.63) is 29.8 Å². The van der Waals surface area contributed by atoms with Crippen LogP contribution >= 0.6 is 0 Å². The van der Waals surface area contributed by atoms with Gasteiger partial charge in [-0.15, -0.1) is 0 Å². The molecule has 0 saturated carbocycles. The lowest BCUT2D eigenvalue weighted by Gasteiger charge is -2.55. The lowest BCUT2D eigenvalue weighted by Crippen LogP contribution is -2.75. The highest BCUT2D eigenvalue weighted by Crippen LogP contribution is 2.28. The second-order valence-corrected chi connectivity index (χ2v) is 12.7. The van der Waals surface area contributed by atoms with Gasteiger partial charge in [-0.1, -0.05) is 76.0 Å². The van der Waals surface area contributed by atoms with E-state index in [1.807, 2.05) is 19.1 Å². The van der Waals surface area contributed by atoms with E-state index in [-0.39, 0.29) is 11.5 Å². The largest absolute Gasteiger partial charge is 0.310 e. The van der Waals surface area contributed by atoms with Gasteiger partial charge in [-0.25, -0.2) is 0 Å². The Morgan fingerprint density at radius 2 is 1.12 bits per heavy atom. The number of piperazine rings is 3. The van der Waals surface area contributed by atoms with Gasteiger partial charge in [0.1, 0.15) is 39.3 Å². The normalized spacial score (nSPS) is 24.5. The summed E-state index contributed by atoms with van der Waals surface area (Å²) >= 11 is 0. The molecule has 3 aliphatic rings. The van der Waals surface area contributed by atoms with E-state index in [0.717, 1.165) is 18.5 Å². The Hall–Kier alpha value is -0.950. The van der Waals surface area contributed by atoms with Crippen LogP contribution in [0, 0.1) is 6.92 Å². The molecular weight excluding hydrogens is 444 g/mol. The van der Waals surface area contributed by atoms with E-state index in [1.165, 1.54) is 119 Å². The smallest absolute Gasteiger partial charge is 0.296 e. The van der Waals surface area contributed by atoms with E-state index in [0.29, 0.717) is 0 Å². The Kier molecular flexibility index (Phi) is 10.9. The van der Waals surface area contributed by atoms with E-state index in [2.05, 4.69) is 6.92 Å². The van der Waals surface area contributed by atoms with Crippen LogP contribution in [0.25, 0.3) is 0 Å². The molecule has 0 aromatic heterocycles. The first-order valence-electron chi connectivity index (χ1n) is 14.1. The molecule has 1 aromatic carbocycles. The number of fused-ring (bicyclic) bond motifs is 3. The Labute approximate surface area is 209 Å². The van der Waals surface area contributed by atoms with Crippen LogP contribution in [-0.4, -0.2) is 76.3 Å². The molecule has 1 aromatic rings. The van der Waals surface area contributed by atoms with Crippen LogP contribution in [0.2, 0.25) is 0 Å². The molecule has 0 unspecified atom stereocenters. The second kappa shape index (κ2) is 13.4. The van der Waals surface area contributed by atoms with Crippen molar-refractivity contribution in [1.82, 2.24) is 0 Å². The molecule has 0 atom stereocenters. The topological polar surface area (TPSA) is 43.4 Å². The number of hydrogen-bond donors (Lipinski definition) is 0. The Balaban J connectivity index is 1.27. The zero-order valence-electron chi connectivity index (χ0n) is 22.0. The van der Waals surface area contributed by atoms with Crippen molar-refractivity contribution in [2.45, 2.75) is 89.4 Å². The molecule has 0 radical (unpaired) electrons. The first-order valence-corrected chi connectivity index (χ1v) is 15.5. The van der Waals surface area contributed by atoms with Crippen LogP contribution < -0.4 is 0 Å². The van der Waals surface area contributed by atoms with Crippen molar-refractivity contribution in [1.29, 1.82) is 0 Å². The highest BCUT2D eigenvalue weighted by atomic mass is 32.2. The predicted octanol–water partition coefficient (Wildman–Crippen LogP) is 5.67. The van der Waals surface area contributed by atoms with Gasteiger partial charge in [0.2, 0.25) is 0 Å². The molecule has 3 heterocycles. The fourth-order valence-electron chi connectivity index (χ4n) is 5.89. The van der Waals surface area contributed by atoms with Crippen molar-refractivity contribution >= 4 is 10.1 Å². The minimum absolute atomic E-state index is 0.259. The number of rotatable bonds is 17. The van der Waals surface area contributed by atoms with Gasteiger partial charge in [-0.05, 0) is 31.9 Å². The summed E-state index contributed by atoms with van der Waals surface area (Å²) in [6.45, 7) is 14.6. The summed E-state index contributed by atoms with van der Waals surface area (Å²) < 4.78 is 32.7. The Morgan fingerprint density at radius 1 is 0.676 bits per heavy atom. The number of hydrogen-bond acceptors (Lipinski definition) is 3. The summed E-state index contributed by atoms with van der Waals surface area (Å²) in [5.41, 5.74) is 1.05. The van der Waals surface area contributed by atoms with Crippen LogP contribution in [0.5, 0.6) is 0 Å². The zero-order chi connectivity index (χ0) is 24.3. The molecule has 0 aliphatic carbocycles. The van der Waals surface area contributed by atoms with Gasteiger partial charge in [-0.2, -0.15) is 8.42 Å². The maximum Gasteiger partial charge on any atom is 0.296 e. The summed E-state index contributed by atoms with van der Waals surface area (Å²) in [4.78, 5) is 0.259. The molecule has 6 heteroatoms.